The van der Waals surface area contributed by atoms with Crippen molar-refractivity contribution in [1.82, 2.24) is 9.78 Å². The van der Waals surface area contributed by atoms with E-state index in [1.54, 1.807) is 10.9 Å². The number of rotatable bonds is 2. The molecule has 0 bridgehead atoms. The second-order valence-corrected chi connectivity index (χ2v) is 4.11. The van der Waals surface area contributed by atoms with Crippen LogP contribution in [0.3, 0.4) is 0 Å². The summed E-state index contributed by atoms with van der Waals surface area (Å²) in [5.41, 5.74) is 0.403. The van der Waals surface area contributed by atoms with Crippen LogP contribution in [0.1, 0.15) is 31.4 Å². The smallest absolute Gasteiger partial charge is 0.111 e. The molecule has 4 heteroatoms. The normalized spacial score (nSPS) is 29.4. The molecule has 78 valence electrons. The maximum atomic E-state index is 10.1. The van der Waals surface area contributed by atoms with Crippen molar-refractivity contribution in [2.75, 3.05) is 6.61 Å². The highest BCUT2D eigenvalue weighted by molar-refractivity contribution is 5.13. The summed E-state index contributed by atoms with van der Waals surface area (Å²) in [4.78, 5) is 0. The number of ether oxygens (including phenoxy) is 1. The second-order valence-electron chi connectivity index (χ2n) is 4.11. The highest BCUT2D eigenvalue weighted by atomic mass is 16.5. The summed E-state index contributed by atoms with van der Waals surface area (Å²) in [6.07, 6.45) is 4.88. The number of hydrogen-bond donors (Lipinski definition) is 1. The number of aliphatic hydroxyl groups is 1. The van der Waals surface area contributed by atoms with Gasteiger partial charge in [-0.05, 0) is 19.8 Å². The Morgan fingerprint density at radius 1 is 1.71 bits per heavy atom. The molecule has 1 aromatic heterocycles. The fraction of sp³-hybridized carbons (Fsp3) is 0.700. The van der Waals surface area contributed by atoms with Gasteiger partial charge in [0.1, 0.15) is 6.10 Å². The van der Waals surface area contributed by atoms with Crippen LogP contribution >= 0.6 is 0 Å². The number of aliphatic hydroxyl groups excluding tert-OH is 1. The van der Waals surface area contributed by atoms with E-state index in [-0.39, 0.29) is 0 Å². The molecule has 0 spiro atoms. The Morgan fingerprint density at radius 2 is 2.50 bits per heavy atom. The molecule has 2 unspecified atom stereocenters. The van der Waals surface area contributed by atoms with Crippen molar-refractivity contribution in [2.45, 2.75) is 31.5 Å². The van der Waals surface area contributed by atoms with Crippen molar-refractivity contribution in [3.8, 4) is 0 Å². The summed E-state index contributed by atoms with van der Waals surface area (Å²) in [6, 6.07) is 0. The Bertz CT molecular complexity index is 316. The SMILES string of the molecule is Cn1cc(C(O)C2(C)CCCO2)cn1. The van der Waals surface area contributed by atoms with Gasteiger partial charge in [0.25, 0.3) is 0 Å². The fourth-order valence-electron chi connectivity index (χ4n) is 1.95. The molecule has 0 saturated carbocycles. The molecular formula is C10H16N2O2. The molecular weight excluding hydrogens is 180 g/mol. The maximum absolute atomic E-state index is 10.1. The largest absolute Gasteiger partial charge is 0.385 e. The van der Waals surface area contributed by atoms with Gasteiger partial charge in [-0.3, -0.25) is 4.68 Å². The van der Waals surface area contributed by atoms with Crippen LogP contribution in [0.25, 0.3) is 0 Å². The molecule has 2 rings (SSSR count). The first-order chi connectivity index (χ1) is 6.62. The quantitative estimate of drug-likeness (QED) is 0.768. The third-order valence-electron chi connectivity index (χ3n) is 2.87. The van der Waals surface area contributed by atoms with Crippen LogP contribution in [0.15, 0.2) is 12.4 Å². The van der Waals surface area contributed by atoms with Gasteiger partial charge in [-0.15, -0.1) is 0 Å². The lowest BCUT2D eigenvalue weighted by molar-refractivity contribution is -0.0796. The molecule has 1 fully saturated rings. The van der Waals surface area contributed by atoms with E-state index >= 15 is 0 Å². The van der Waals surface area contributed by atoms with Gasteiger partial charge in [0.2, 0.25) is 0 Å². The topological polar surface area (TPSA) is 47.3 Å². The van der Waals surface area contributed by atoms with Gasteiger partial charge in [0.15, 0.2) is 0 Å². The molecule has 1 aliphatic rings. The fourth-order valence-corrected chi connectivity index (χ4v) is 1.95. The molecule has 0 amide bonds. The zero-order valence-electron chi connectivity index (χ0n) is 8.60. The van der Waals surface area contributed by atoms with E-state index in [0.717, 1.165) is 25.0 Å². The van der Waals surface area contributed by atoms with Gasteiger partial charge in [0.05, 0.1) is 11.8 Å². The van der Waals surface area contributed by atoms with E-state index in [0.29, 0.717) is 0 Å². The zero-order valence-corrected chi connectivity index (χ0v) is 8.60. The molecule has 2 heterocycles. The van der Waals surface area contributed by atoms with Gasteiger partial charge in [0, 0.05) is 25.4 Å². The lowest BCUT2D eigenvalue weighted by Crippen LogP contribution is -2.31. The van der Waals surface area contributed by atoms with Gasteiger partial charge in [-0.25, -0.2) is 0 Å². The lowest BCUT2D eigenvalue weighted by Gasteiger charge is -2.28. The Labute approximate surface area is 83.5 Å². The first kappa shape index (κ1) is 9.68. The third-order valence-corrected chi connectivity index (χ3v) is 2.87. The van der Waals surface area contributed by atoms with Crippen molar-refractivity contribution in [1.29, 1.82) is 0 Å². The van der Waals surface area contributed by atoms with Gasteiger partial charge in [-0.2, -0.15) is 5.10 Å². The molecule has 2 atom stereocenters. The number of aryl methyl sites for hydroxylation is 1. The molecule has 0 aromatic carbocycles. The average Bonchev–Trinajstić information content (AvgIpc) is 2.74. The van der Waals surface area contributed by atoms with Crippen LogP contribution in [-0.2, 0) is 11.8 Å². The summed E-state index contributed by atoms with van der Waals surface area (Å²) >= 11 is 0. The molecule has 1 saturated heterocycles. The van der Waals surface area contributed by atoms with Crippen LogP contribution in [0.5, 0.6) is 0 Å². The number of aromatic nitrogens is 2. The van der Waals surface area contributed by atoms with Crippen molar-refractivity contribution >= 4 is 0 Å². The van der Waals surface area contributed by atoms with Gasteiger partial charge < -0.3 is 9.84 Å². The van der Waals surface area contributed by atoms with E-state index < -0.39 is 11.7 Å². The first-order valence-corrected chi connectivity index (χ1v) is 4.92. The Kier molecular flexibility index (Phi) is 2.33. The Hall–Kier alpha value is -0.870. The van der Waals surface area contributed by atoms with Crippen LogP contribution < -0.4 is 0 Å². The average molecular weight is 196 g/mol. The summed E-state index contributed by atoms with van der Waals surface area (Å²) in [5.74, 6) is 0. The summed E-state index contributed by atoms with van der Waals surface area (Å²) in [5, 5.41) is 14.2. The standard InChI is InChI=1S/C10H16N2O2/c1-10(4-3-5-14-10)9(13)8-6-11-12(2)7-8/h6-7,9,13H,3-5H2,1-2H3. The van der Waals surface area contributed by atoms with Crippen LogP contribution in [0.4, 0.5) is 0 Å². The van der Waals surface area contributed by atoms with Crippen LogP contribution in [0.2, 0.25) is 0 Å². The van der Waals surface area contributed by atoms with Crippen molar-refractivity contribution in [2.24, 2.45) is 7.05 Å². The van der Waals surface area contributed by atoms with Gasteiger partial charge in [-0.1, -0.05) is 0 Å². The third kappa shape index (κ3) is 1.55. The minimum atomic E-state index is -0.571. The number of hydrogen-bond acceptors (Lipinski definition) is 3. The van der Waals surface area contributed by atoms with Crippen LogP contribution in [0, 0.1) is 0 Å². The highest BCUT2D eigenvalue weighted by Gasteiger charge is 2.38. The molecule has 0 aliphatic carbocycles. The number of nitrogens with zero attached hydrogens (tertiary/aromatic N) is 2. The molecule has 14 heavy (non-hydrogen) atoms. The van der Waals surface area contributed by atoms with Crippen LogP contribution in [-0.4, -0.2) is 27.1 Å². The summed E-state index contributed by atoms with van der Waals surface area (Å²) in [6.45, 7) is 2.70. The Balaban J connectivity index is 2.18. The lowest BCUT2D eigenvalue weighted by atomic mass is 9.92. The summed E-state index contributed by atoms with van der Waals surface area (Å²) < 4.78 is 7.27. The maximum Gasteiger partial charge on any atom is 0.111 e. The molecule has 1 aromatic rings. The van der Waals surface area contributed by atoms with E-state index in [1.807, 2.05) is 20.2 Å². The van der Waals surface area contributed by atoms with Crippen molar-refractivity contribution in [3.63, 3.8) is 0 Å². The second kappa shape index (κ2) is 3.37. The molecule has 1 N–H and O–H groups in total. The first-order valence-electron chi connectivity index (χ1n) is 4.92. The zero-order chi connectivity index (χ0) is 10.2. The van der Waals surface area contributed by atoms with E-state index in [2.05, 4.69) is 5.10 Å². The monoisotopic (exact) mass is 196 g/mol. The minimum absolute atomic E-state index is 0.428. The minimum Gasteiger partial charge on any atom is -0.385 e. The van der Waals surface area contributed by atoms with E-state index in [1.165, 1.54) is 0 Å². The van der Waals surface area contributed by atoms with Crippen molar-refractivity contribution < 1.29 is 9.84 Å². The summed E-state index contributed by atoms with van der Waals surface area (Å²) in [7, 11) is 1.84. The predicted octanol–water partition coefficient (Wildman–Crippen LogP) is 1.02. The Morgan fingerprint density at radius 3 is 3.00 bits per heavy atom. The molecule has 4 nitrogen and oxygen atoms in total. The molecule has 0 radical (unpaired) electrons. The predicted molar refractivity (Wildman–Crippen MR) is 51.8 cm³/mol. The highest BCUT2D eigenvalue weighted by Crippen LogP contribution is 2.36. The van der Waals surface area contributed by atoms with E-state index in [4.69, 9.17) is 4.74 Å². The molecule has 1 aliphatic heterocycles. The van der Waals surface area contributed by atoms with Crippen molar-refractivity contribution in [3.05, 3.63) is 18.0 Å². The van der Waals surface area contributed by atoms with Gasteiger partial charge >= 0.3 is 0 Å². The van der Waals surface area contributed by atoms with E-state index in [9.17, 15) is 5.11 Å².